The molecule has 31 heavy (non-hydrogen) atoms. The van der Waals surface area contributed by atoms with Crippen LogP contribution in [-0.2, 0) is 9.47 Å². The number of rotatable bonds is 4. The normalized spacial score (nSPS) is 19.1. The molecule has 2 aromatic rings. The summed E-state index contributed by atoms with van der Waals surface area (Å²) < 4.78 is 11.5. The van der Waals surface area contributed by atoms with E-state index in [2.05, 4.69) is 35.0 Å². The molecule has 0 unspecified atom stereocenters. The van der Waals surface area contributed by atoms with E-state index in [1.807, 2.05) is 25.1 Å². The number of amides is 1. The van der Waals surface area contributed by atoms with Gasteiger partial charge in [0.25, 0.3) is 5.91 Å². The first-order valence-electron chi connectivity index (χ1n) is 11.0. The standard InChI is InChI=1S/C25H31N3O3/c1-4-28-17-31-14-11-22(19-9-12-30-13-10-19)23-15-20(6-8-24(23)28)25(29)27(3)21-7-5-18(2)26-16-21/h5-8,11,15-16,19H,4,9-10,12-14,17H2,1-3H3/b22-11-. The van der Waals surface area contributed by atoms with Gasteiger partial charge >= 0.3 is 0 Å². The molecule has 0 radical (unpaired) electrons. The molecule has 1 amide bonds. The molecule has 0 atom stereocenters. The van der Waals surface area contributed by atoms with Crippen molar-refractivity contribution in [2.75, 3.05) is 49.9 Å². The lowest BCUT2D eigenvalue weighted by molar-refractivity contribution is 0.0804. The third kappa shape index (κ3) is 4.65. The zero-order valence-electron chi connectivity index (χ0n) is 18.6. The summed E-state index contributed by atoms with van der Waals surface area (Å²) in [4.78, 5) is 21.5. The van der Waals surface area contributed by atoms with Gasteiger partial charge in [0.05, 0.1) is 18.5 Å². The first-order valence-corrected chi connectivity index (χ1v) is 11.0. The van der Waals surface area contributed by atoms with Crippen molar-refractivity contribution >= 4 is 22.9 Å². The smallest absolute Gasteiger partial charge is 0.258 e. The van der Waals surface area contributed by atoms with Crippen LogP contribution in [0, 0.1) is 12.8 Å². The van der Waals surface area contributed by atoms with E-state index in [4.69, 9.17) is 9.47 Å². The third-order valence-electron chi connectivity index (χ3n) is 6.19. The molecule has 0 bridgehead atoms. The van der Waals surface area contributed by atoms with Gasteiger partial charge in [-0.2, -0.15) is 0 Å². The summed E-state index contributed by atoms with van der Waals surface area (Å²) in [5, 5.41) is 0. The molecule has 6 nitrogen and oxygen atoms in total. The Bertz CT molecular complexity index is 949. The van der Waals surface area contributed by atoms with Crippen molar-refractivity contribution in [1.82, 2.24) is 4.98 Å². The molecular formula is C25H31N3O3. The summed E-state index contributed by atoms with van der Waals surface area (Å²) in [7, 11) is 1.80. The minimum Gasteiger partial charge on any atom is -0.381 e. The minimum atomic E-state index is -0.0406. The van der Waals surface area contributed by atoms with Crippen molar-refractivity contribution < 1.29 is 14.3 Å². The number of ether oxygens (including phenoxy) is 2. The third-order valence-corrected chi connectivity index (χ3v) is 6.19. The van der Waals surface area contributed by atoms with E-state index in [9.17, 15) is 4.79 Å². The van der Waals surface area contributed by atoms with Crippen LogP contribution in [0.15, 0.2) is 42.6 Å². The quantitative estimate of drug-likeness (QED) is 0.737. The van der Waals surface area contributed by atoms with E-state index < -0.39 is 0 Å². The Hall–Kier alpha value is -2.70. The van der Waals surface area contributed by atoms with Gasteiger partial charge in [-0.1, -0.05) is 6.08 Å². The van der Waals surface area contributed by atoms with Crippen LogP contribution >= 0.6 is 0 Å². The maximum absolute atomic E-state index is 13.3. The van der Waals surface area contributed by atoms with Gasteiger partial charge in [0.2, 0.25) is 0 Å². The van der Waals surface area contributed by atoms with Crippen LogP contribution in [0.1, 0.15) is 41.4 Å². The van der Waals surface area contributed by atoms with Crippen molar-refractivity contribution in [3.8, 4) is 0 Å². The van der Waals surface area contributed by atoms with Gasteiger partial charge < -0.3 is 19.3 Å². The fraction of sp³-hybridized carbons (Fsp3) is 0.440. The fourth-order valence-corrected chi connectivity index (χ4v) is 4.29. The second-order valence-electron chi connectivity index (χ2n) is 8.16. The highest BCUT2D eigenvalue weighted by molar-refractivity contribution is 6.06. The number of carbonyl (C=O) groups is 1. The van der Waals surface area contributed by atoms with Gasteiger partial charge in [-0.15, -0.1) is 0 Å². The van der Waals surface area contributed by atoms with E-state index in [1.54, 1.807) is 18.1 Å². The maximum atomic E-state index is 13.3. The van der Waals surface area contributed by atoms with Crippen molar-refractivity contribution in [2.24, 2.45) is 5.92 Å². The molecule has 1 fully saturated rings. The number of nitrogens with zero attached hydrogens (tertiary/aromatic N) is 3. The van der Waals surface area contributed by atoms with E-state index >= 15 is 0 Å². The highest BCUT2D eigenvalue weighted by Gasteiger charge is 2.26. The highest BCUT2D eigenvalue weighted by atomic mass is 16.5. The van der Waals surface area contributed by atoms with Crippen molar-refractivity contribution in [1.29, 1.82) is 0 Å². The van der Waals surface area contributed by atoms with E-state index in [1.165, 1.54) is 5.57 Å². The summed E-state index contributed by atoms with van der Waals surface area (Å²) in [6, 6.07) is 9.90. The highest BCUT2D eigenvalue weighted by Crippen LogP contribution is 2.38. The molecule has 2 aliphatic rings. The van der Waals surface area contributed by atoms with Crippen molar-refractivity contribution in [3.05, 3.63) is 59.4 Å². The van der Waals surface area contributed by atoms with Gasteiger partial charge in [0.15, 0.2) is 0 Å². The van der Waals surface area contributed by atoms with Crippen LogP contribution in [-0.4, -0.2) is 51.0 Å². The number of allylic oxidation sites excluding steroid dienone is 1. The Labute approximate surface area is 184 Å². The topological polar surface area (TPSA) is 54.9 Å². The Morgan fingerprint density at radius 3 is 2.71 bits per heavy atom. The first-order chi connectivity index (χ1) is 15.1. The van der Waals surface area contributed by atoms with E-state index in [-0.39, 0.29) is 5.91 Å². The van der Waals surface area contributed by atoms with Crippen LogP contribution in [0.25, 0.3) is 5.57 Å². The Balaban J connectivity index is 1.72. The first kappa shape index (κ1) is 21.5. The van der Waals surface area contributed by atoms with Crippen LogP contribution in [0.4, 0.5) is 11.4 Å². The van der Waals surface area contributed by atoms with Gasteiger partial charge in [0.1, 0.15) is 6.73 Å². The average Bonchev–Trinajstić information content (AvgIpc) is 2.80. The number of hydrogen-bond donors (Lipinski definition) is 0. The Morgan fingerprint density at radius 1 is 1.19 bits per heavy atom. The molecule has 4 rings (SSSR count). The SMILES string of the molecule is CCN1COC/C=C(/C2CCOCC2)c2cc(C(=O)N(C)c3ccc(C)nc3)ccc21. The number of carbonyl (C=O) groups excluding carboxylic acids is 1. The molecule has 3 heterocycles. The van der Waals surface area contributed by atoms with Crippen LogP contribution in [0.3, 0.4) is 0 Å². The maximum Gasteiger partial charge on any atom is 0.258 e. The lowest BCUT2D eigenvalue weighted by atomic mass is 9.84. The summed E-state index contributed by atoms with van der Waals surface area (Å²) in [6.07, 6.45) is 5.92. The number of aryl methyl sites for hydroxylation is 1. The molecule has 6 heteroatoms. The molecule has 164 valence electrons. The summed E-state index contributed by atoms with van der Waals surface area (Å²) >= 11 is 0. The van der Waals surface area contributed by atoms with Crippen molar-refractivity contribution in [2.45, 2.75) is 26.7 Å². The van der Waals surface area contributed by atoms with Crippen LogP contribution in [0.2, 0.25) is 0 Å². The van der Waals surface area contributed by atoms with Gasteiger partial charge in [-0.3, -0.25) is 9.78 Å². The summed E-state index contributed by atoms with van der Waals surface area (Å²) in [5.74, 6) is 0.374. The van der Waals surface area contributed by atoms with E-state index in [0.29, 0.717) is 24.8 Å². The second kappa shape index (κ2) is 9.62. The summed E-state index contributed by atoms with van der Waals surface area (Å²) in [5.41, 5.74) is 5.92. The Kier molecular flexibility index (Phi) is 6.68. The lowest BCUT2D eigenvalue weighted by Gasteiger charge is -2.32. The van der Waals surface area contributed by atoms with Crippen LogP contribution < -0.4 is 9.80 Å². The minimum absolute atomic E-state index is 0.0406. The number of fused-ring (bicyclic) bond motifs is 1. The largest absolute Gasteiger partial charge is 0.381 e. The van der Waals surface area contributed by atoms with Gasteiger partial charge in [-0.05, 0) is 68.5 Å². The monoisotopic (exact) mass is 421 g/mol. The zero-order chi connectivity index (χ0) is 21.8. The van der Waals surface area contributed by atoms with Crippen LogP contribution in [0.5, 0.6) is 0 Å². The molecule has 0 saturated carbocycles. The molecule has 0 aliphatic carbocycles. The lowest BCUT2D eigenvalue weighted by Crippen LogP contribution is -2.30. The number of pyridine rings is 1. The predicted molar refractivity (Wildman–Crippen MR) is 124 cm³/mol. The number of hydrogen-bond acceptors (Lipinski definition) is 5. The van der Waals surface area contributed by atoms with Gasteiger partial charge in [0, 0.05) is 49.3 Å². The second-order valence-corrected chi connectivity index (χ2v) is 8.16. The molecule has 0 spiro atoms. The molecular weight excluding hydrogens is 390 g/mol. The number of benzene rings is 1. The summed E-state index contributed by atoms with van der Waals surface area (Å²) in [6.45, 7) is 7.59. The molecule has 1 aromatic heterocycles. The zero-order valence-corrected chi connectivity index (χ0v) is 18.6. The molecule has 0 N–H and O–H groups in total. The molecule has 2 aliphatic heterocycles. The van der Waals surface area contributed by atoms with Gasteiger partial charge in [-0.25, -0.2) is 0 Å². The molecule has 1 aromatic carbocycles. The Morgan fingerprint density at radius 2 is 2.00 bits per heavy atom. The fourth-order valence-electron chi connectivity index (χ4n) is 4.29. The van der Waals surface area contributed by atoms with Crippen molar-refractivity contribution in [3.63, 3.8) is 0 Å². The number of aromatic nitrogens is 1. The predicted octanol–water partition coefficient (Wildman–Crippen LogP) is 4.29. The van der Waals surface area contributed by atoms with E-state index in [0.717, 1.165) is 55.2 Å². The molecule has 1 saturated heterocycles. The number of anilines is 2. The average molecular weight is 422 g/mol.